The van der Waals surface area contributed by atoms with Crippen LogP contribution in [0.25, 0.3) is 0 Å². The zero-order valence-electron chi connectivity index (χ0n) is 11.0. The van der Waals surface area contributed by atoms with E-state index in [0.29, 0.717) is 12.5 Å². The van der Waals surface area contributed by atoms with Gasteiger partial charge in [-0.2, -0.15) is 0 Å². The standard InChI is InChI=1S/C14H19BrN2O/c1-9(2)16-11-6-14(18)17(8-11)12-5-4-10(3)13(15)7-12/h4-5,7,9,11,16H,6,8H2,1-3H3. The third-order valence-corrected chi connectivity index (χ3v) is 4.02. The quantitative estimate of drug-likeness (QED) is 0.931. The summed E-state index contributed by atoms with van der Waals surface area (Å²) in [5.74, 6) is 0.198. The van der Waals surface area contributed by atoms with Gasteiger partial charge in [0.1, 0.15) is 0 Å². The second-order valence-electron chi connectivity index (χ2n) is 5.16. The van der Waals surface area contributed by atoms with E-state index in [1.807, 2.05) is 30.0 Å². The zero-order valence-corrected chi connectivity index (χ0v) is 12.6. The second-order valence-corrected chi connectivity index (χ2v) is 6.01. The van der Waals surface area contributed by atoms with Crippen LogP contribution in [0.2, 0.25) is 0 Å². The Hall–Kier alpha value is -0.870. The number of nitrogens with one attached hydrogen (secondary N) is 1. The number of nitrogens with zero attached hydrogens (tertiary/aromatic N) is 1. The minimum atomic E-state index is 0.198. The number of halogens is 1. The van der Waals surface area contributed by atoms with Crippen LogP contribution >= 0.6 is 15.9 Å². The van der Waals surface area contributed by atoms with Crippen LogP contribution in [0, 0.1) is 6.92 Å². The largest absolute Gasteiger partial charge is 0.311 e. The van der Waals surface area contributed by atoms with Crippen molar-refractivity contribution in [3.63, 3.8) is 0 Å². The van der Waals surface area contributed by atoms with Crippen molar-refractivity contribution in [3.05, 3.63) is 28.2 Å². The maximum atomic E-state index is 12.0. The summed E-state index contributed by atoms with van der Waals surface area (Å²) in [6.07, 6.45) is 0.587. The van der Waals surface area contributed by atoms with Gasteiger partial charge in [0, 0.05) is 35.2 Å². The molecule has 0 bridgehead atoms. The van der Waals surface area contributed by atoms with Gasteiger partial charge < -0.3 is 10.2 Å². The Labute approximate surface area is 117 Å². The minimum Gasteiger partial charge on any atom is -0.311 e. The fraction of sp³-hybridized carbons (Fsp3) is 0.500. The molecule has 1 unspecified atom stereocenters. The summed E-state index contributed by atoms with van der Waals surface area (Å²) in [5.41, 5.74) is 2.16. The summed E-state index contributed by atoms with van der Waals surface area (Å²) in [6, 6.07) is 6.74. The van der Waals surface area contributed by atoms with Crippen molar-refractivity contribution in [2.75, 3.05) is 11.4 Å². The van der Waals surface area contributed by atoms with Crippen LogP contribution < -0.4 is 10.2 Å². The van der Waals surface area contributed by atoms with E-state index in [2.05, 4.69) is 35.1 Å². The first-order valence-corrected chi connectivity index (χ1v) is 7.09. The molecule has 1 amide bonds. The highest BCUT2D eigenvalue weighted by Crippen LogP contribution is 2.27. The molecule has 1 fully saturated rings. The molecule has 0 aliphatic carbocycles. The van der Waals surface area contributed by atoms with Gasteiger partial charge in [0.05, 0.1) is 0 Å². The Bertz CT molecular complexity index is 459. The topological polar surface area (TPSA) is 32.3 Å². The van der Waals surface area contributed by atoms with Crippen LogP contribution in [0.15, 0.2) is 22.7 Å². The van der Waals surface area contributed by atoms with Gasteiger partial charge >= 0.3 is 0 Å². The average molecular weight is 311 g/mol. The summed E-state index contributed by atoms with van der Waals surface area (Å²) in [6.45, 7) is 7.01. The molecule has 3 nitrogen and oxygen atoms in total. The molecule has 0 radical (unpaired) electrons. The number of hydrogen-bond donors (Lipinski definition) is 1. The predicted octanol–water partition coefficient (Wildman–Crippen LogP) is 2.86. The number of benzene rings is 1. The lowest BCUT2D eigenvalue weighted by Crippen LogP contribution is -2.37. The first-order valence-electron chi connectivity index (χ1n) is 6.30. The predicted molar refractivity (Wildman–Crippen MR) is 77.9 cm³/mol. The van der Waals surface area contributed by atoms with Crippen molar-refractivity contribution in [3.8, 4) is 0 Å². The maximum absolute atomic E-state index is 12.0. The summed E-state index contributed by atoms with van der Waals surface area (Å²) in [4.78, 5) is 13.9. The number of amides is 1. The Balaban J connectivity index is 2.14. The van der Waals surface area contributed by atoms with E-state index in [0.717, 1.165) is 16.7 Å². The smallest absolute Gasteiger partial charge is 0.228 e. The van der Waals surface area contributed by atoms with E-state index in [-0.39, 0.29) is 11.9 Å². The molecule has 1 aromatic rings. The first kappa shape index (κ1) is 13.6. The highest BCUT2D eigenvalue weighted by atomic mass is 79.9. The molecule has 18 heavy (non-hydrogen) atoms. The van der Waals surface area contributed by atoms with Crippen molar-refractivity contribution in [2.45, 2.75) is 39.3 Å². The van der Waals surface area contributed by atoms with Crippen LogP contribution in [0.4, 0.5) is 5.69 Å². The minimum absolute atomic E-state index is 0.198. The van der Waals surface area contributed by atoms with E-state index < -0.39 is 0 Å². The van der Waals surface area contributed by atoms with Crippen molar-refractivity contribution in [1.29, 1.82) is 0 Å². The fourth-order valence-corrected chi connectivity index (χ4v) is 2.66. The highest BCUT2D eigenvalue weighted by molar-refractivity contribution is 9.10. The van der Waals surface area contributed by atoms with Crippen molar-refractivity contribution in [1.82, 2.24) is 5.32 Å². The number of hydrogen-bond acceptors (Lipinski definition) is 2. The lowest BCUT2D eigenvalue weighted by molar-refractivity contribution is -0.117. The Morgan fingerprint density at radius 3 is 2.78 bits per heavy atom. The van der Waals surface area contributed by atoms with Gasteiger partial charge in [-0.1, -0.05) is 35.8 Å². The van der Waals surface area contributed by atoms with Gasteiger partial charge in [-0.25, -0.2) is 0 Å². The van der Waals surface area contributed by atoms with E-state index in [1.54, 1.807) is 0 Å². The van der Waals surface area contributed by atoms with Crippen LogP contribution in [-0.2, 0) is 4.79 Å². The molecule has 1 N–H and O–H groups in total. The number of carbonyl (C=O) groups is 1. The molecular formula is C14H19BrN2O. The summed E-state index contributed by atoms with van der Waals surface area (Å²) >= 11 is 3.51. The molecule has 0 spiro atoms. The van der Waals surface area contributed by atoms with Gasteiger partial charge in [0.2, 0.25) is 5.91 Å². The Morgan fingerprint density at radius 1 is 1.44 bits per heavy atom. The third-order valence-electron chi connectivity index (χ3n) is 3.16. The van der Waals surface area contributed by atoms with Crippen molar-refractivity contribution < 1.29 is 4.79 Å². The lowest BCUT2D eigenvalue weighted by Gasteiger charge is -2.19. The van der Waals surface area contributed by atoms with E-state index in [1.165, 1.54) is 5.56 Å². The Kier molecular flexibility index (Phi) is 4.07. The lowest BCUT2D eigenvalue weighted by atomic mass is 10.2. The maximum Gasteiger partial charge on any atom is 0.228 e. The Morgan fingerprint density at radius 2 is 2.17 bits per heavy atom. The van der Waals surface area contributed by atoms with E-state index >= 15 is 0 Å². The van der Waals surface area contributed by atoms with Crippen LogP contribution in [0.3, 0.4) is 0 Å². The fourth-order valence-electron chi connectivity index (χ4n) is 2.29. The molecule has 4 heteroatoms. The van der Waals surface area contributed by atoms with Crippen LogP contribution in [0.1, 0.15) is 25.8 Å². The number of rotatable bonds is 3. The van der Waals surface area contributed by atoms with Gasteiger partial charge in [-0.05, 0) is 24.6 Å². The number of anilines is 1. The van der Waals surface area contributed by atoms with Crippen molar-refractivity contribution in [2.24, 2.45) is 0 Å². The van der Waals surface area contributed by atoms with Gasteiger partial charge in [-0.3, -0.25) is 4.79 Å². The molecule has 1 aromatic carbocycles. The molecular weight excluding hydrogens is 292 g/mol. The monoisotopic (exact) mass is 310 g/mol. The molecule has 2 rings (SSSR count). The van der Waals surface area contributed by atoms with Crippen molar-refractivity contribution >= 4 is 27.5 Å². The molecule has 0 aromatic heterocycles. The number of aryl methyl sites for hydroxylation is 1. The highest BCUT2D eigenvalue weighted by Gasteiger charge is 2.30. The van der Waals surface area contributed by atoms with E-state index in [9.17, 15) is 4.79 Å². The van der Waals surface area contributed by atoms with Gasteiger partial charge in [0.25, 0.3) is 0 Å². The molecule has 1 aliphatic heterocycles. The van der Waals surface area contributed by atoms with Gasteiger partial charge in [0.15, 0.2) is 0 Å². The number of carbonyl (C=O) groups excluding carboxylic acids is 1. The summed E-state index contributed by atoms with van der Waals surface area (Å²) in [5, 5.41) is 3.42. The molecule has 1 saturated heterocycles. The molecule has 1 heterocycles. The SMILES string of the molecule is Cc1ccc(N2CC(NC(C)C)CC2=O)cc1Br. The molecule has 1 atom stereocenters. The molecule has 0 saturated carbocycles. The normalized spacial score (nSPS) is 19.9. The van der Waals surface area contributed by atoms with E-state index in [4.69, 9.17) is 0 Å². The third kappa shape index (κ3) is 2.93. The van der Waals surface area contributed by atoms with Gasteiger partial charge in [-0.15, -0.1) is 0 Å². The van der Waals surface area contributed by atoms with Crippen LogP contribution in [0.5, 0.6) is 0 Å². The summed E-state index contributed by atoms with van der Waals surface area (Å²) in [7, 11) is 0. The first-order chi connectivity index (χ1) is 8.47. The zero-order chi connectivity index (χ0) is 13.3. The summed E-state index contributed by atoms with van der Waals surface area (Å²) < 4.78 is 1.05. The average Bonchev–Trinajstić information content (AvgIpc) is 2.62. The second kappa shape index (κ2) is 5.41. The molecule has 98 valence electrons. The van der Waals surface area contributed by atoms with Crippen LogP contribution in [-0.4, -0.2) is 24.5 Å². The molecule has 1 aliphatic rings.